The summed E-state index contributed by atoms with van der Waals surface area (Å²) in [6.45, 7) is 6.59. The number of aromatic hydroxyl groups is 1. The molecule has 1 aromatic rings. The Bertz CT molecular complexity index is 306. The normalized spacial score (nSPS) is 12.2. The first-order valence-electron chi connectivity index (χ1n) is 4.79. The van der Waals surface area contributed by atoms with Crippen molar-refractivity contribution in [3.63, 3.8) is 0 Å². The quantitative estimate of drug-likeness (QED) is 0.778. The minimum Gasteiger partial charge on any atom is -0.506 e. The van der Waals surface area contributed by atoms with Crippen molar-refractivity contribution in [1.29, 1.82) is 0 Å². The molecule has 1 N–H and O–H groups in total. The number of hydrogen-bond donors (Lipinski definition) is 1. The van der Waals surface area contributed by atoms with Crippen molar-refractivity contribution in [2.45, 2.75) is 27.2 Å². The summed E-state index contributed by atoms with van der Waals surface area (Å²) >= 11 is 0. The average Bonchev–Trinajstić information content (AvgIpc) is 2.06. The van der Waals surface area contributed by atoms with Crippen molar-refractivity contribution in [3.05, 3.63) is 30.1 Å². The second-order valence-electron chi connectivity index (χ2n) is 4.61. The van der Waals surface area contributed by atoms with Crippen molar-refractivity contribution < 1.29 is 5.11 Å². The van der Waals surface area contributed by atoms with Crippen LogP contribution in [-0.2, 0) is 0 Å². The van der Waals surface area contributed by atoms with E-state index in [0.29, 0.717) is 5.41 Å². The monoisotopic (exact) mass is 191 g/mol. The number of rotatable bonds is 2. The number of allylic oxidation sites excluding steroid dienone is 1. The van der Waals surface area contributed by atoms with E-state index in [2.05, 4.69) is 31.8 Å². The minimum absolute atomic E-state index is 0.206. The van der Waals surface area contributed by atoms with Crippen molar-refractivity contribution in [2.24, 2.45) is 5.41 Å². The molecule has 1 rings (SSSR count). The molecule has 2 heteroatoms. The van der Waals surface area contributed by atoms with Crippen molar-refractivity contribution in [3.8, 4) is 5.75 Å². The molecule has 76 valence electrons. The fraction of sp³-hybridized carbons (Fsp3) is 0.417. The maximum absolute atomic E-state index is 9.02. The summed E-state index contributed by atoms with van der Waals surface area (Å²) in [5.41, 5.74) is 1.19. The van der Waals surface area contributed by atoms with Gasteiger partial charge in [-0.15, -0.1) is 0 Å². The van der Waals surface area contributed by atoms with Crippen LogP contribution in [0.3, 0.4) is 0 Å². The topological polar surface area (TPSA) is 33.1 Å². The highest BCUT2D eigenvalue weighted by atomic mass is 16.3. The Morgan fingerprint density at radius 2 is 2.07 bits per heavy atom. The number of pyridine rings is 1. The van der Waals surface area contributed by atoms with Gasteiger partial charge in [0.05, 0.1) is 11.9 Å². The van der Waals surface area contributed by atoms with Crippen molar-refractivity contribution in [2.75, 3.05) is 0 Å². The molecule has 1 aromatic heterocycles. The van der Waals surface area contributed by atoms with Gasteiger partial charge in [-0.1, -0.05) is 26.8 Å². The molecule has 0 unspecified atom stereocenters. The molecular formula is C12H17NO. The highest BCUT2D eigenvalue weighted by molar-refractivity contribution is 5.45. The average molecular weight is 191 g/mol. The van der Waals surface area contributed by atoms with E-state index < -0.39 is 0 Å². The number of nitrogens with zero attached hydrogens (tertiary/aromatic N) is 1. The summed E-state index contributed by atoms with van der Waals surface area (Å²) in [5.74, 6) is 0.206. The van der Waals surface area contributed by atoms with Gasteiger partial charge in [0.2, 0.25) is 0 Å². The van der Waals surface area contributed by atoms with Crippen LogP contribution in [-0.4, -0.2) is 10.1 Å². The molecule has 0 aromatic carbocycles. The molecule has 0 radical (unpaired) electrons. The van der Waals surface area contributed by atoms with Gasteiger partial charge in [0.15, 0.2) is 0 Å². The van der Waals surface area contributed by atoms with E-state index >= 15 is 0 Å². The predicted octanol–water partition coefficient (Wildman–Crippen LogP) is 3.24. The molecule has 0 aliphatic carbocycles. The molecule has 2 nitrogen and oxygen atoms in total. The fourth-order valence-electron chi connectivity index (χ4n) is 1.03. The Kier molecular flexibility index (Phi) is 3.28. The third-order valence-electron chi connectivity index (χ3n) is 1.79. The molecular weight excluding hydrogens is 174 g/mol. The highest BCUT2D eigenvalue weighted by Gasteiger charge is 2.06. The van der Waals surface area contributed by atoms with E-state index in [1.165, 1.54) is 6.20 Å². The summed E-state index contributed by atoms with van der Waals surface area (Å²) in [4.78, 5) is 4.06. The molecule has 1 heterocycles. The van der Waals surface area contributed by atoms with Crippen LogP contribution in [0.1, 0.15) is 32.9 Å². The Labute approximate surface area is 85.3 Å². The van der Waals surface area contributed by atoms with Crippen molar-refractivity contribution in [1.82, 2.24) is 4.98 Å². The van der Waals surface area contributed by atoms with Crippen LogP contribution < -0.4 is 0 Å². The lowest BCUT2D eigenvalue weighted by Gasteiger charge is -2.14. The van der Waals surface area contributed by atoms with Crippen LogP contribution in [0.25, 0.3) is 6.08 Å². The van der Waals surface area contributed by atoms with E-state index in [1.807, 2.05) is 6.08 Å². The van der Waals surface area contributed by atoms with Gasteiger partial charge < -0.3 is 5.11 Å². The van der Waals surface area contributed by atoms with Crippen LogP contribution in [0, 0.1) is 5.41 Å². The molecule has 0 saturated heterocycles. The lowest BCUT2D eigenvalue weighted by atomic mass is 9.92. The van der Waals surface area contributed by atoms with Crippen LogP contribution in [0.2, 0.25) is 0 Å². The molecule has 14 heavy (non-hydrogen) atoms. The van der Waals surface area contributed by atoms with E-state index in [9.17, 15) is 0 Å². The fourth-order valence-corrected chi connectivity index (χ4v) is 1.03. The van der Waals surface area contributed by atoms with Crippen LogP contribution >= 0.6 is 0 Å². The first kappa shape index (κ1) is 10.8. The lowest BCUT2D eigenvalue weighted by Crippen LogP contribution is -2.01. The molecule has 0 bridgehead atoms. The number of aromatic nitrogens is 1. The molecule has 0 amide bonds. The van der Waals surface area contributed by atoms with Gasteiger partial charge >= 0.3 is 0 Å². The second kappa shape index (κ2) is 4.27. The zero-order chi connectivity index (χ0) is 10.6. The number of hydrogen-bond acceptors (Lipinski definition) is 2. The summed E-state index contributed by atoms with van der Waals surface area (Å²) in [6.07, 6.45) is 6.57. The smallest absolute Gasteiger partial charge is 0.133 e. The first-order chi connectivity index (χ1) is 6.47. The van der Waals surface area contributed by atoms with Gasteiger partial charge in [0, 0.05) is 0 Å². The van der Waals surface area contributed by atoms with E-state index in [0.717, 1.165) is 12.1 Å². The maximum atomic E-state index is 9.02. The SMILES string of the molecule is CC(C)(C)C/C=C/c1ccc(O)cn1. The van der Waals surface area contributed by atoms with Crippen LogP contribution in [0.5, 0.6) is 5.75 Å². The van der Waals surface area contributed by atoms with Gasteiger partial charge in [-0.2, -0.15) is 0 Å². The van der Waals surface area contributed by atoms with E-state index in [4.69, 9.17) is 5.11 Å². The first-order valence-corrected chi connectivity index (χ1v) is 4.79. The highest BCUT2D eigenvalue weighted by Crippen LogP contribution is 2.19. The van der Waals surface area contributed by atoms with Gasteiger partial charge in [-0.3, -0.25) is 4.98 Å². The molecule has 0 aliphatic rings. The molecule has 0 aliphatic heterocycles. The Morgan fingerprint density at radius 3 is 2.57 bits per heavy atom. The molecule has 0 saturated carbocycles. The lowest BCUT2D eigenvalue weighted by molar-refractivity contribution is 0.421. The largest absolute Gasteiger partial charge is 0.506 e. The standard InChI is InChI=1S/C12H17NO/c1-12(2,3)8-4-5-10-6-7-11(14)9-13-10/h4-7,9,14H,8H2,1-3H3/b5-4+. The molecule has 0 atom stereocenters. The summed E-state index contributed by atoms with van der Waals surface area (Å²) < 4.78 is 0. The maximum Gasteiger partial charge on any atom is 0.133 e. The Morgan fingerprint density at radius 1 is 1.36 bits per heavy atom. The minimum atomic E-state index is 0.206. The third-order valence-corrected chi connectivity index (χ3v) is 1.79. The van der Waals surface area contributed by atoms with Crippen molar-refractivity contribution >= 4 is 6.08 Å². The third kappa shape index (κ3) is 4.08. The van der Waals surface area contributed by atoms with Gasteiger partial charge in [0.25, 0.3) is 0 Å². The van der Waals surface area contributed by atoms with Crippen LogP contribution in [0.4, 0.5) is 0 Å². The summed E-state index contributed by atoms with van der Waals surface area (Å²) in [6, 6.07) is 3.44. The zero-order valence-electron chi connectivity index (χ0n) is 8.99. The zero-order valence-corrected chi connectivity index (χ0v) is 8.99. The Hall–Kier alpha value is -1.31. The van der Waals surface area contributed by atoms with E-state index in [1.54, 1.807) is 12.1 Å². The summed E-state index contributed by atoms with van der Waals surface area (Å²) in [7, 11) is 0. The predicted molar refractivity (Wildman–Crippen MR) is 59.0 cm³/mol. The van der Waals surface area contributed by atoms with Gasteiger partial charge in [0.1, 0.15) is 5.75 Å². The van der Waals surface area contributed by atoms with Crippen LogP contribution in [0.15, 0.2) is 24.4 Å². The van der Waals surface area contributed by atoms with Gasteiger partial charge in [-0.25, -0.2) is 0 Å². The molecule has 0 fully saturated rings. The Balaban J connectivity index is 2.57. The second-order valence-corrected chi connectivity index (χ2v) is 4.61. The molecule has 0 spiro atoms. The van der Waals surface area contributed by atoms with E-state index in [-0.39, 0.29) is 5.75 Å². The summed E-state index contributed by atoms with van der Waals surface area (Å²) in [5, 5.41) is 9.02. The van der Waals surface area contributed by atoms with Gasteiger partial charge in [-0.05, 0) is 30.0 Å².